The van der Waals surface area contributed by atoms with Gasteiger partial charge in [-0.2, -0.15) is 0 Å². The Kier molecular flexibility index (Phi) is 12.9. The number of aliphatic hydroxyl groups is 2. The van der Waals surface area contributed by atoms with E-state index in [-0.39, 0.29) is 35.9 Å². The molecule has 7 rings (SSSR count). The minimum absolute atomic E-state index is 0.0769. The fourth-order valence-corrected chi connectivity index (χ4v) is 12.3. The zero-order valence-corrected chi connectivity index (χ0v) is 36.2. The zero-order valence-electron chi connectivity index (χ0n) is 35.4. The summed E-state index contributed by atoms with van der Waals surface area (Å²) in [5.41, 5.74) is -1.46. The van der Waals surface area contributed by atoms with E-state index in [0.29, 0.717) is 49.1 Å². The Labute approximate surface area is 352 Å². The fraction of sp³-hybridized carbons (Fsp3) is 0.562. The molecule has 59 heavy (non-hydrogen) atoms. The number of unbranched alkanes of at least 4 members (excludes halogenated alkanes) is 1. The van der Waals surface area contributed by atoms with Gasteiger partial charge in [-0.1, -0.05) is 58.6 Å². The van der Waals surface area contributed by atoms with Crippen molar-refractivity contribution >= 4 is 35.3 Å². The van der Waals surface area contributed by atoms with E-state index in [4.69, 9.17) is 9.47 Å². The molecule has 3 saturated carbocycles. The van der Waals surface area contributed by atoms with E-state index in [0.717, 1.165) is 12.0 Å². The number of carbonyl (C=O) groups is 4. The van der Waals surface area contributed by atoms with Crippen molar-refractivity contribution in [2.45, 2.75) is 128 Å². The quantitative estimate of drug-likeness (QED) is 0.198. The van der Waals surface area contributed by atoms with Crippen molar-refractivity contribution in [3.63, 3.8) is 0 Å². The average Bonchev–Trinajstić information content (AvgIpc) is 3.42. The molecule has 2 N–H and O–H groups in total. The maximum absolute atomic E-state index is 17.3. The summed E-state index contributed by atoms with van der Waals surface area (Å²) in [5, 5.41) is 21.4. The Hall–Kier alpha value is -4.11. The molecular weight excluding hydrogens is 770 g/mol. The van der Waals surface area contributed by atoms with Crippen LogP contribution in [0.5, 0.6) is 0 Å². The summed E-state index contributed by atoms with van der Waals surface area (Å²) in [7, 11) is 0. The summed E-state index contributed by atoms with van der Waals surface area (Å²) in [6, 6.07) is 9.87. The molecule has 316 valence electrons. The number of alkyl halides is 1. The molecule has 1 aliphatic heterocycles. The van der Waals surface area contributed by atoms with Crippen molar-refractivity contribution in [3.05, 3.63) is 82.7 Å². The van der Waals surface area contributed by atoms with Gasteiger partial charge in [0.05, 0.1) is 18.3 Å². The van der Waals surface area contributed by atoms with Crippen molar-refractivity contribution in [1.82, 2.24) is 4.98 Å². The van der Waals surface area contributed by atoms with Gasteiger partial charge in [0, 0.05) is 45.7 Å². The lowest BCUT2D eigenvalue weighted by atomic mass is 9.44. The Morgan fingerprint density at radius 3 is 2.51 bits per heavy atom. The summed E-state index contributed by atoms with van der Waals surface area (Å²) < 4.78 is 28.2. The lowest BCUT2D eigenvalue weighted by Crippen LogP contribution is -2.70. The number of fused-ring (bicyclic) bond motifs is 6. The lowest BCUT2D eigenvalue weighted by Gasteiger charge is -2.62. The number of hydrogen-bond acceptors (Lipinski definition) is 10. The molecule has 8 atom stereocenters. The molecule has 3 fully saturated rings. The van der Waals surface area contributed by atoms with Crippen LogP contribution in [0.2, 0.25) is 0 Å². The molecule has 5 aliphatic rings. The van der Waals surface area contributed by atoms with Crippen LogP contribution in [0, 0.1) is 40.4 Å². The van der Waals surface area contributed by atoms with E-state index in [1.165, 1.54) is 41.0 Å². The molecule has 9 nitrogen and oxygen atoms in total. The van der Waals surface area contributed by atoms with E-state index in [1.807, 2.05) is 32.5 Å². The number of Topliss-reactive ketones (excluding diaryl/α,β-unsaturated/α-hetero) is 1. The second-order valence-electron chi connectivity index (χ2n) is 17.9. The van der Waals surface area contributed by atoms with Crippen molar-refractivity contribution < 1.29 is 43.3 Å². The van der Waals surface area contributed by atoms with E-state index >= 15 is 4.39 Å². The summed E-state index contributed by atoms with van der Waals surface area (Å²) in [5.74, 6) is 4.44. The number of rotatable bonds is 8. The van der Waals surface area contributed by atoms with Gasteiger partial charge in [0.2, 0.25) is 5.78 Å². The van der Waals surface area contributed by atoms with Gasteiger partial charge in [-0.05, 0) is 123 Å². The van der Waals surface area contributed by atoms with Crippen molar-refractivity contribution in [2.75, 3.05) is 19.0 Å². The van der Waals surface area contributed by atoms with Crippen molar-refractivity contribution in [1.29, 1.82) is 0 Å². The van der Waals surface area contributed by atoms with Crippen molar-refractivity contribution in [3.8, 4) is 11.8 Å². The minimum Gasteiger partial charge on any atom is -0.462 e. The molecule has 2 heterocycles. The van der Waals surface area contributed by atoms with Gasteiger partial charge < -0.3 is 19.7 Å². The number of ether oxygens (including phenoxy) is 2. The molecule has 0 spiro atoms. The van der Waals surface area contributed by atoms with Gasteiger partial charge in [-0.15, -0.1) is 11.8 Å². The van der Waals surface area contributed by atoms with Gasteiger partial charge in [0.25, 0.3) is 0 Å². The molecule has 1 aromatic heterocycles. The Balaban J connectivity index is 0.000000208. The highest BCUT2D eigenvalue weighted by Crippen LogP contribution is 2.71. The van der Waals surface area contributed by atoms with Crippen LogP contribution in [-0.4, -0.2) is 75.0 Å². The predicted molar refractivity (Wildman–Crippen MR) is 224 cm³/mol. The molecule has 0 amide bonds. The third-order valence-electron chi connectivity index (χ3n) is 14.1. The number of nitrogens with zero attached hydrogens (tertiary/aromatic N) is 1. The Bertz CT molecular complexity index is 2100. The first-order valence-electron chi connectivity index (χ1n) is 21.0. The maximum Gasteiger partial charge on any atom is 0.339 e. The number of esters is 2. The van der Waals surface area contributed by atoms with Crippen LogP contribution in [0.1, 0.15) is 127 Å². The topological polar surface area (TPSA) is 140 Å². The van der Waals surface area contributed by atoms with Gasteiger partial charge in [-0.25, -0.2) is 14.2 Å². The monoisotopic (exact) mass is 827 g/mol. The fourth-order valence-electron chi connectivity index (χ4n) is 10.8. The summed E-state index contributed by atoms with van der Waals surface area (Å²) in [4.78, 5) is 55.4. The first-order valence-corrected chi connectivity index (χ1v) is 22.0. The molecule has 11 heteroatoms. The number of allylic oxidation sites excluding steroid dienone is 4. The molecule has 0 unspecified atom stereocenters. The van der Waals surface area contributed by atoms with E-state index in [2.05, 4.69) is 48.9 Å². The van der Waals surface area contributed by atoms with E-state index in [1.54, 1.807) is 32.1 Å². The molecule has 4 aliphatic carbocycles. The lowest BCUT2D eigenvalue weighted by molar-refractivity contribution is -0.228. The van der Waals surface area contributed by atoms with Crippen LogP contribution in [0.25, 0.3) is 0 Å². The van der Waals surface area contributed by atoms with Gasteiger partial charge in [0.1, 0.15) is 12.3 Å². The number of pyridine rings is 1. The first kappa shape index (κ1) is 44.4. The number of aromatic nitrogens is 1. The van der Waals surface area contributed by atoms with Gasteiger partial charge in [-0.3, -0.25) is 14.4 Å². The molecule has 2 aromatic rings. The standard InChI is InChI=1S/C27H37FO6.C21H21NO2S/c1-5-6-7-23(33)34-27(22(32)15-29)16(2)12-20-19-9-8-17-13-18(30)10-11-24(17,3)26(19,28)21(31)14-25(20,27)4;1-4-24-20(23)16-7-9-17(22-14-16)8-5-15-6-10-19-18(13-15)21(2,3)11-12-25-19/h10-11,13,16,19-21,29,31H,5-9,12,14-15H2,1-4H3;6-7,9-10,13-14H,4,11-12H2,1-3H3/t16-,19-,20-,21-,24-,25-,26-,27-;/m0./s1. The maximum atomic E-state index is 17.3. The van der Waals surface area contributed by atoms with E-state index < -0.39 is 58.4 Å². The highest BCUT2D eigenvalue weighted by molar-refractivity contribution is 7.99. The average molecular weight is 828 g/mol. The Morgan fingerprint density at radius 1 is 1.07 bits per heavy atom. The normalized spacial score (nSPS) is 32.3. The predicted octanol–water partition coefficient (Wildman–Crippen LogP) is 8.07. The largest absolute Gasteiger partial charge is 0.462 e. The number of thioether (sulfide) groups is 1. The summed E-state index contributed by atoms with van der Waals surface area (Å²) in [6.45, 7) is 13.3. The number of carbonyl (C=O) groups excluding carboxylic acids is 4. The summed E-state index contributed by atoms with van der Waals surface area (Å²) in [6.07, 6.45) is 8.61. The van der Waals surface area contributed by atoms with Gasteiger partial charge >= 0.3 is 11.9 Å². The molecule has 0 bridgehead atoms. The van der Waals surface area contributed by atoms with Crippen LogP contribution >= 0.6 is 11.8 Å². The Morgan fingerprint density at radius 2 is 1.83 bits per heavy atom. The zero-order chi connectivity index (χ0) is 43.0. The van der Waals surface area contributed by atoms with Gasteiger partial charge in [0.15, 0.2) is 17.1 Å². The number of hydrogen-bond donors (Lipinski definition) is 2. The highest BCUT2D eigenvalue weighted by atomic mass is 32.2. The molecular formula is C48H58FNO8S. The minimum atomic E-state index is -2.03. The van der Waals surface area contributed by atoms with E-state index in [9.17, 15) is 29.4 Å². The smallest absolute Gasteiger partial charge is 0.339 e. The highest BCUT2D eigenvalue weighted by Gasteiger charge is 2.77. The van der Waals surface area contributed by atoms with Crippen LogP contribution in [-0.2, 0) is 29.3 Å². The molecule has 0 radical (unpaired) electrons. The molecule has 0 saturated heterocycles. The number of ketones is 2. The third-order valence-corrected chi connectivity index (χ3v) is 15.1. The summed E-state index contributed by atoms with van der Waals surface area (Å²) >= 11 is 1.92. The number of halogens is 1. The SMILES string of the molecule is CCCCC(=O)O[C@]1(C(=O)CO)[C@@H](C)C[C@H]2[C@@H]3CCC4=CC(=O)C=C[C@]4(C)[C@@]3(F)[C@@H](O)C[C@@]21C.CCOC(=O)c1ccc(C#Cc2ccc3c(c2)C(C)(C)CCS3)nc1. The number of benzene rings is 1. The van der Waals surface area contributed by atoms with Crippen LogP contribution in [0.4, 0.5) is 4.39 Å². The number of aliphatic hydroxyl groups excluding tert-OH is 2. The van der Waals surface area contributed by atoms with Crippen LogP contribution in [0.3, 0.4) is 0 Å². The molecule has 1 aromatic carbocycles. The second kappa shape index (κ2) is 17.1. The van der Waals surface area contributed by atoms with Crippen molar-refractivity contribution in [2.24, 2.45) is 28.6 Å². The van der Waals surface area contributed by atoms with Crippen LogP contribution < -0.4 is 0 Å². The third kappa shape index (κ3) is 7.74. The second-order valence-corrected chi connectivity index (χ2v) is 19.0. The first-order chi connectivity index (χ1) is 27.9. The van der Waals surface area contributed by atoms with Crippen LogP contribution in [0.15, 0.2) is 65.2 Å².